The SMILES string of the molecule is N#CCN(CCC(=O)O)CCC1=CCCCC1. The van der Waals surface area contributed by atoms with Gasteiger partial charge in [-0.15, -0.1) is 0 Å². The van der Waals surface area contributed by atoms with E-state index >= 15 is 0 Å². The molecule has 0 aromatic heterocycles. The summed E-state index contributed by atoms with van der Waals surface area (Å²) in [5.41, 5.74) is 1.47. The Morgan fingerprint density at radius 1 is 1.47 bits per heavy atom. The lowest BCUT2D eigenvalue weighted by Crippen LogP contribution is -2.28. The summed E-state index contributed by atoms with van der Waals surface area (Å²) in [6, 6.07) is 2.09. The number of allylic oxidation sites excluding steroid dienone is 1. The van der Waals surface area contributed by atoms with Crippen molar-refractivity contribution in [1.29, 1.82) is 5.26 Å². The Balaban J connectivity index is 2.30. The fourth-order valence-electron chi connectivity index (χ4n) is 2.06. The highest BCUT2D eigenvalue weighted by molar-refractivity contribution is 5.66. The minimum Gasteiger partial charge on any atom is -0.481 e. The van der Waals surface area contributed by atoms with E-state index in [0.29, 0.717) is 13.1 Å². The molecule has 0 radical (unpaired) electrons. The standard InChI is InChI=1S/C13H20N2O2/c14-8-11-15(10-7-13(16)17)9-6-12-4-2-1-3-5-12/h4H,1-3,5-7,9-11H2,(H,16,17). The fraction of sp³-hybridized carbons (Fsp3) is 0.692. The molecule has 94 valence electrons. The highest BCUT2D eigenvalue weighted by atomic mass is 16.4. The van der Waals surface area contributed by atoms with Crippen molar-refractivity contribution in [3.8, 4) is 6.07 Å². The lowest BCUT2D eigenvalue weighted by atomic mass is 9.97. The van der Waals surface area contributed by atoms with Gasteiger partial charge in [-0.05, 0) is 32.1 Å². The summed E-state index contributed by atoms with van der Waals surface area (Å²) in [6.07, 6.45) is 8.26. The van der Waals surface area contributed by atoms with E-state index in [2.05, 4.69) is 12.1 Å². The van der Waals surface area contributed by atoms with Crippen molar-refractivity contribution in [1.82, 2.24) is 4.90 Å². The van der Waals surface area contributed by atoms with Crippen LogP contribution in [0.1, 0.15) is 38.5 Å². The number of carboxylic acid groups (broad SMARTS) is 1. The van der Waals surface area contributed by atoms with Gasteiger partial charge in [0.2, 0.25) is 0 Å². The fourth-order valence-corrected chi connectivity index (χ4v) is 2.06. The van der Waals surface area contributed by atoms with E-state index < -0.39 is 5.97 Å². The van der Waals surface area contributed by atoms with Gasteiger partial charge in [-0.25, -0.2) is 0 Å². The average Bonchev–Trinajstić information content (AvgIpc) is 2.34. The molecule has 0 atom stereocenters. The minimum atomic E-state index is -0.801. The molecule has 4 heteroatoms. The number of nitriles is 1. The quantitative estimate of drug-likeness (QED) is 0.543. The molecule has 0 spiro atoms. The molecule has 1 aliphatic carbocycles. The Hall–Kier alpha value is -1.34. The third kappa shape index (κ3) is 6.08. The Morgan fingerprint density at radius 3 is 2.88 bits per heavy atom. The zero-order valence-electron chi connectivity index (χ0n) is 10.2. The van der Waals surface area contributed by atoms with Crippen LogP contribution in [0.3, 0.4) is 0 Å². The Bertz CT molecular complexity index is 318. The second kappa shape index (κ2) is 7.86. The van der Waals surface area contributed by atoms with Crippen molar-refractivity contribution in [3.05, 3.63) is 11.6 Å². The van der Waals surface area contributed by atoms with E-state index in [4.69, 9.17) is 10.4 Å². The van der Waals surface area contributed by atoms with E-state index in [1.54, 1.807) is 0 Å². The molecule has 0 bridgehead atoms. The number of hydrogen-bond donors (Lipinski definition) is 1. The van der Waals surface area contributed by atoms with Gasteiger partial charge in [-0.3, -0.25) is 9.69 Å². The Kier molecular flexibility index (Phi) is 6.34. The lowest BCUT2D eigenvalue weighted by Gasteiger charge is -2.20. The van der Waals surface area contributed by atoms with Crippen LogP contribution in [0.2, 0.25) is 0 Å². The van der Waals surface area contributed by atoms with Crippen molar-refractivity contribution >= 4 is 5.97 Å². The largest absolute Gasteiger partial charge is 0.481 e. The summed E-state index contributed by atoms with van der Waals surface area (Å²) in [4.78, 5) is 12.4. The number of carboxylic acids is 1. The molecule has 0 aromatic rings. The molecular weight excluding hydrogens is 216 g/mol. The van der Waals surface area contributed by atoms with E-state index in [1.165, 1.54) is 31.3 Å². The van der Waals surface area contributed by atoms with Crippen LogP contribution in [-0.2, 0) is 4.79 Å². The van der Waals surface area contributed by atoms with Crippen molar-refractivity contribution in [2.75, 3.05) is 19.6 Å². The molecule has 1 aliphatic rings. The first-order valence-corrected chi connectivity index (χ1v) is 6.21. The zero-order valence-corrected chi connectivity index (χ0v) is 10.2. The molecule has 1 N–H and O–H groups in total. The summed E-state index contributed by atoms with van der Waals surface area (Å²) in [5.74, 6) is -0.801. The lowest BCUT2D eigenvalue weighted by molar-refractivity contribution is -0.137. The topological polar surface area (TPSA) is 64.3 Å². The molecule has 0 amide bonds. The first-order valence-electron chi connectivity index (χ1n) is 6.21. The second-order valence-electron chi connectivity index (χ2n) is 4.44. The van der Waals surface area contributed by atoms with Crippen LogP contribution in [0.25, 0.3) is 0 Å². The van der Waals surface area contributed by atoms with E-state index in [-0.39, 0.29) is 6.42 Å². The number of aliphatic carboxylic acids is 1. The monoisotopic (exact) mass is 236 g/mol. The maximum atomic E-state index is 10.5. The molecule has 17 heavy (non-hydrogen) atoms. The summed E-state index contributed by atoms with van der Waals surface area (Å²) in [6.45, 7) is 1.59. The van der Waals surface area contributed by atoms with Gasteiger partial charge in [0.05, 0.1) is 19.0 Å². The van der Waals surface area contributed by atoms with Gasteiger partial charge < -0.3 is 5.11 Å². The van der Waals surface area contributed by atoms with Gasteiger partial charge in [0.15, 0.2) is 0 Å². The molecule has 0 aliphatic heterocycles. The molecule has 0 fully saturated rings. The normalized spacial score (nSPS) is 15.4. The summed E-state index contributed by atoms with van der Waals surface area (Å²) in [5, 5.41) is 17.3. The van der Waals surface area contributed by atoms with Crippen molar-refractivity contribution in [3.63, 3.8) is 0 Å². The van der Waals surface area contributed by atoms with Crippen molar-refractivity contribution < 1.29 is 9.90 Å². The van der Waals surface area contributed by atoms with Crippen LogP contribution in [0.4, 0.5) is 0 Å². The van der Waals surface area contributed by atoms with E-state index in [9.17, 15) is 4.79 Å². The van der Waals surface area contributed by atoms with Gasteiger partial charge in [0.1, 0.15) is 0 Å². The van der Waals surface area contributed by atoms with Crippen LogP contribution in [-0.4, -0.2) is 35.6 Å². The van der Waals surface area contributed by atoms with E-state index in [1.807, 2.05) is 4.90 Å². The number of hydrogen-bond acceptors (Lipinski definition) is 3. The van der Waals surface area contributed by atoms with Gasteiger partial charge >= 0.3 is 5.97 Å². The minimum absolute atomic E-state index is 0.112. The van der Waals surface area contributed by atoms with Gasteiger partial charge in [0, 0.05) is 13.1 Å². The third-order valence-corrected chi connectivity index (χ3v) is 3.07. The highest BCUT2D eigenvalue weighted by Crippen LogP contribution is 2.20. The molecular formula is C13H20N2O2. The molecule has 0 aromatic carbocycles. The van der Waals surface area contributed by atoms with Crippen molar-refractivity contribution in [2.24, 2.45) is 0 Å². The first kappa shape index (κ1) is 13.7. The Morgan fingerprint density at radius 2 is 2.29 bits per heavy atom. The summed E-state index contributed by atoms with van der Waals surface area (Å²) >= 11 is 0. The predicted octanol–water partition coefficient (Wildman–Crippen LogP) is 2.18. The van der Waals surface area contributed by atoms with Crippen LogP contribution in [0.5, 0.6) is 0 Å². The first-order chi connectivity index (χ1) is 8.22. The zero-order chi connectivity index (χ0) is 12.5. The van der Waals surface area contributed by atoms with Crippen LogP contribution < -0.4 is 0 Å². The summed E-state index contributed by atoms with van der Waals surface area (Å²) < 4.78 is 0. The van der Waals surface area contributed by atoms with Crippen LogP contribution in [0.15, 0.2) is 11.6 Å². The molecule has 4 nitrogen and oxygen atoms in total. The molecule has 0 unspecified atom stereocenters. The molecule has 0 saturated heterocycles. The predicted molar refractivity (Wildman–Crippen MR) is 65.5 cm³/mol. The van der Waals surface area contributed by atoms with Crippen LogP contribution >= 0.6 is 0 Å². The summed E-state index contributed by atoms with van der Waals surface area (Å²) in [7, 11) is 0. The van der Waals surface area contributed by atoms with Gasteiger partial charge in [-0.2, -0.15) is 5.26 Å². The van der Waals surface area contributed by atoms with Crippen molar-refractivity contribution in [2.45, 2.75) is 38.5 Å². The third-order valence-electron chi connectivity index (χ3n) is 3.07. The number of nitrogens with zero attached hydrogens (tertiary/aromatic N) is 2. The molecule has 0 saturated carbocycles. The number of carbonyl (C=O) groups is 1. The van der Waals surface area contributed by atoms with E-state index in [0.717, 1.165) is 13.0 Å². The van der Waals surface area contributed by atoms with Gasteiger partial charge in [-0.1, -0.05) is 11.6 Å². The smallest absolute Gasteiger partial charge is 0.304 e. The van der Waals surface area contributed by atoms with Gasteiger partial charge in [0.25, 0.3) is 0 Å². The maximum absolute atomic E-state index is 10.5. The average molecular weight is 236 g/mol. The maximum Gasteiger partial charge on any atom is 0.304 e. The second-order valence-corrected chi connectivity index (χ2v) is 4.44. The molecule has 0 heterocycles. The Labute approximate surface area is 103 Å². The number of rotatable bonds is 7. The van der Waals surface area contributed by atoms with Crippen LogP contribution in [0, 0.1) is 11.3 Å². The highest BCUT2D eigenvalue weighted by Gasteiger charge is 2.09. The molecule has 1 rings (SSSR count).